The van der Waals surface area contributed by atoms with Crippen LogP contribution < -0.4 is 16.0 Å². The number of rotatable bonds is 8. The Morgan fingerprint density at radius 3 is 2.48 bits per heavy atom. The van der Waals surface area contributed by atoms with Gasteiger partial charge in [-0.05, 0) is 55.7 Å². The molecule has 0 aliphatic carbocycles. The molecule has 0 atom stereocenters. The van der Waals surface area contributed by atoms with E-state index in [4.69, 9.17) is 0 Å². The van der Waals surface area contributed by atoms with E-state index in [-0.39, 0.29) is 29.9 Å². The van der Waals surface area contributed by atoms with Crippen molar-refractivity contribution >= 4 is 41.5 Å². The molecule has 0 aliphatic rings. The molecule has 0 saturated carbocycles. The van der Waals surface area contributed by atoms with Crippen LogP contribution in [-0.2, 0) is 17.9 Å². The molecule has 1 aromatic heterocycles. The maximum absolute atomic E-state index is 11.8. The summed E-state index contributed by atoms with van der Waals surface area (Å²) in [5, 5.41) is 14.3. The normalized spacial score (nSPS) is 11.0. The first-order valence-electron chi connectivity index (χ1n) is 10.9. The highest BCUT2D eigenvalue weighted by Gasteiger charge is 2.09. The second-order valence-electron chi connectivity index (χ2n) is 7.75. The van der Waals surface area contributed by atoms with Crippen LogP contribution in [0.5, 0.6) is 0 Å². The minimum Gasteiger partial charge on any atom is -0.352 e. The average Bonchev–Trinajstić information content (AvgIpc) is 3.12. The third-order valence-corrected chi connectivity index (χ3v) is 5.05. The number of carbonyl (C=O) groups excluding carboxylic acids is 1. The van der Waals surface area contributed by atoms with E-state index in [0.29, 0.717) is 25.5 Å². The van der Waals surface area contributed by atoms with Gasteiger partial charge in [0.1, 0.15) is 0 Å². The maximum atomic E-state index is 11.8. The van der Waals surface area contributed by atoms with E-state index >= 15 is 0 Å². The summed E-state index contributed by atoms with van der Waals surface area (Å²) in [5.41, 5.74) is 6.15. The lowest BCUT2D eigenvalue weighted by Crippen LogP contribution is -2.36. The zero-order valence-corrected chi connectivity index (χ0v) is 22.0. The molecule has 0 fully saturated rings. The zero-order valence-electron chi connectivity index (χ0n) is 19.7. The first-order chi connectivity index (χ1) is 15.5. The Morgan fingerprint density at radius 1 is 1.03 bits per heavy atom. The van der Waals surface area contributed by atoms with Crippen LogP contribution in [0.2, 0.25) is 0 Å². The van der Waals surface area contributed by atoms with Crippen molar-refractivity contribution in [1.29, 1.82) is 0 Å². The number of aryl methyl sites for hydroxylation is 2. The smallest absolute Gasteiger partial charge is 0.224 e. The van der Waals surface area contributed by atoms with Crippen LogP contribution in [0.4, 0.5) is 5.69 Å². The van der Waals surface area contributed by atoms with E-state index in [0.717, 1.165) is 40.3 Å². The van der Waals surface area contributed by atoms with Gasteiger partial charge in [-0.3, -0.25) is 9.79 Å². The van der Waals surface area contributed by atoms with Crippen LogP contribution in [0.1, 0.15) is 42.3 Å². The molecule has 33 heavy (non-hydrogen) atoms. The molecule has 3 N–H and O–H groups in total. The molecule has 8 heteroatoms. The third-order valence-electron chi connectivity index (χ3n) is 5.05. The van der Waals surface area contributed by atoms with Gasteiger partial charge in [0.25, 0.3) is 0 Å². The number of guanidine groups is 1. The van der Waals surface area contributed by atoms with Gasteiger partial charge in [-0.2, -0.15) is 5.10 Å². The molecular formula is C25H33IN6O. The first-order valence-corrected chi connectivity index (χ1v) is 10.9. The van der Waals surface area contributed by atoms with Gasteiger partial charge in [0.05, 0.1) is 11.4 Å². The Kier molecular flexibility index (Phi) is 10.4. The van der Waals surface area contributed by atoms with E-state index in [1.54, 1.807) is 7.05 Å². The monoisotopic (exact) mass is 560 g/mol. The fraction of sp³-hybridized carbons (Fsp3) is 0.320. The second kappa shape index (κ2) is 13.0. The summed E-state index contributed by atoms with van der Waals surface area (Å²) in [6.07, 6.45) is 1.36. The van der Waals surface area contributed by atoms with Crippen LogP contribution in [-0.4, -0.2) is 28.7 Å². The number of hydrogen-bond acceptors (Lipinski definition) is 3. The number of carbonyl (C=O) groups is 1. The van der Waals surface area contributed by atoms with E-state index in [1.165, 1.54) is 0 Å². The van der Waals surface area contributed by atoms with Crippen LogP contribution in [0.15, 0.2) is 59.6 Å². The fourth-order valence-electron chi connectivity index (χ4n) is 3.53. The van der Waals surface area contributed by atoms with Crippen molar-refractivity contribution in [2.24, 2.45) is 4.99 Å². The van der Waals surface area contributed by atoms with Gasteiger partial charge in [0, 0.05) is 37.9 Å². The number of anilines is 1. The molecule has 7 nitrogen and oxygen atoms in total. The lowest BCUT2D eigenvalue weighted by molar-refractivity contribution is -0.116. The molecule has 0 aliphatic heterocycles. The second-order valence-corrected chi connectivity index (χ2v) is 7.75. The summed E-state index contributed by atoms with van der Waals surface area (Å²) in [6, 6.07) is 18.1. The van der Waals surface area contributed by atoms with E-state index in [9.17, 15) is 4.79 Å². The van der Waals surface area contributed by atoms with Gasteiger partial charge in [-0.25, -0.2) is 4.68 Å². The Bertz CT molecular complexity index is 1090. The van der Waals surface area contributed by atoms with Gasteiger partial charge in [-0.1, -0.05) is 37.3 Å². The molecule has 2 aromatic carbocycles. The highest BCUT2D eigenvalue weighted by molar-refractivity contribution is 14.0. The predicted molar refractivity (Wildman–Crippen MR) is 145 cm³/mol. The fourth-order valence-corrected chi connectivity index (χ4v) is 3.53. The number of aromatic nitrogens is 2. The van der Waals surface area contributed by atoms with Crippen molar-refractivity contribution < 1.29 is 4.79 Å². The Morgan fingerprint density at radius 2 is 1.79 bits per heavy atom. The van der Waals surface area contributed by atoms with Crippen molar-refractivity contribution in [3.63, 3.8) is 0 Å². The van der Waals surface area contributed by atoms with E-state index in [2.05, 4.69) is 51.2 Å². The summed E-state index contributed by atoms with van der Waals surface area (Å²) in [4.78, 5) is 16.2. The Labute approximate surface area is 213 Å². The lowest BCUT2D eigenvalue weighted by atomic mass is 10.1. The minimum atomic E-state index is 0. The molecule has 0 bridgehead atoms. The number of para-hydroxylation sites is 1. The number of halogens is 1. The Hall–Kier alpha value is -2.88. The Balaban J connectivity index is 0.00000385. The van der Waals surface area contributed by atoms with Crippen molar-refractivity contribution in [3.8, 4) is 5.69 Å². The number of benzene rings is 2. The molecule has 0 unspecified atom stereocenters. The molecule has 3 rings (SSSR count). The number of amides is 1. The van der Waals surface area contributed by atoms with Gasteiger partial charge in [-0.15, -0.1) is 24.0 Å². The molecule has 0 radical (unpaired) electrons. The number of aliphatic imine (C=N–C) groups is 1. The van der Waals surface area contributed by atoms with Gasteiger partial charge < -0.3 is 16.0 Å². The summed E-state index contributed by atoms with van der Waals surface area (Å²) in [7, 11) is 1.75. The van der Waals surface area contributed by atoms with Crippen LogP contribution in [0.3, 0.4) is 0 Å². The molecule has 176 valence electrons. The first kappa shape index (κ1) is 26.4. The predicted octanol–water partition coefficient (Wildman–Crippen LogP) is 4.71. The summed E-state index contributed by atoms with van der Waals surface area (Å²) < 4.78 is 1.97. The van der Waals surface area contributed by atoms with Crippen molar-refractivity contribution in [2.75, 3.05) is 12.4 Å². The molecule has 0 spiro atoms. The summed E-state index contributed by atoms with van der Waals surface area (Å²) in [5.74, 6) is 0.741. The number of hydrogen-bond donors (Lipinski definition) is 3. The van der Waals surface area contributed by atoms with Gasteiger partial charge in [0.2, 0.25) is 5.91 Å². The topological polar surface area (TPSA) is 83.3 Å². The third kappa shape index (κ3) is 7.59. The molecule has 3 aromatic rings. The van der Waals surface area contributed by atoms with Crippen LogP contribution >= 0.6 is 24.0 Å². The molecule has 0 saturated heterocycles. The highest BCUT2D eigenvalue weighted by atomic mass is 127. The molecule has 1 heterocycles. The summed E-state index contributed by atoms with van der Waals surface area (Å²) >= 11 is 0. The van der Waals surface area contributed by atoms with Crippen LogP contribution in [0, 0.1) is 13.8 Å². The number of nitrogens with zero attached hydrogens (tertiary/aromatic N) is 3. The highest BCUT2D eigenvalue weighted by Crippen LogP contribution is 2.17. The van der Waals surface area contributed by atoms with Crippen LogP contribution in [0.25, 0.3) is 5.69 Å². The number of nitrogens with one attached hydrogen (secondary N) is 3. The minimum absolute atomic E-state index is 0. The molecular weight excluding hydrogens is 527 g/mol. The SMILES string of the molecule is CCCC(=O)Nc1cccc(CNC(=NC)NCc2ccccc2-n2nc(C)cc2C)c1.I. The average molecular weight is 560 g/mol. The standard InChI is InChI=1S/C25H32N6O.HI/c1-5-9-24(32)29-22-12-8-10-20(15-22)16-27-25(26-4)28-17-21-11-6-7-13-23(21)31-19(3)14-18(2)30-31;/h6-8,10-15H,5,9,16-17H2,1-4H3,(H,29,32)(H2,26,27,28);1H. The quantitative estimate of drug-likeness (QED) is 0.212. The zero-order chi connectivity index (χ0) is 22.9. The van der Waals surface area contributed by atoms with E-state index in [1.807, 2.05) is 54.9 Å². The van der Waals surface area contributed by atoms with Gasteiger partial charge >= 0.3 is 0 Å². The summed E-state index contributed by atoms with van der Waals surface area (Å²) in [6.45, 7) is 7.26. The lowest BCUT2D eigenvalue weighted by Gasteiger charge is -2.15. The maximum Gasteiger partial charge on any atom is 0.224 e. The van der Waals surface area contributed by atoms with Crippen molar-refractivity contribution in [1.82, 2.24) is 20.4 Å². The molecule has 1 amide bonds. The largest absolute Gasteiger partial charge is 0.352 e. The van der Waals surface area contributed by atoms with E-state index < -0.39 is 0 Å². The van der Waals surface area contributed by atoms with Crippen molar-refractivity contribution in [3.05, 3.63) is 77.1 Å². The van der Waals surface area contributed by atoms with Gasteiger partial charge in [0.15, 0.2) is 5.96 Å². The van der Waals surface area contributed by atoms with Crippen molar-refractivity contribution in [2.45, 2.75) is 46.7 Å².